The van der Waals surface area contributed by atoms with Gasteiger partial charge in [0.1, 0.15) is 0 Å². The van der Waals surface area contributed by atoms with Crippen molar-refractivity contribution in [3.8, 4) is 11.4 Å². The van der Waals surface area contributed by atoms with Gasteiger partial charge >= 0.3 is 0 Å². The first-order chi connectivity index (χ1) is 14.6. The number of aryl methyl sites for hydroxylation is 1. The number of amides is 1. The molecule has 1 amide bonds. The van der Waals surface area contributed by atoms with E-state index in [-0.39, 0.29) is 5.91 Å². The molecule has 0 aliphatic heterocycles. The number of para-hydroxylation sites is 1. The van der Waals surface area contributed by atoms with Crippen LogP contribution in [0.1, 0.15) is 25.3 Å². The first-order valence-electron chi connectivity index (χ1n) is 10.4. The zero-order valence-electron chi connectivity index (χ0n) is 17.6. The van der Waals surface area contributed by atoms with E-state index in [1.54, 1.807) is 0 Å². The minimum atomic E-state index is 0.0238. The summed E-state index contributed by atoms with van der Waals surface area (Å²) in [5.74, 6) is 0.782. The third-order valence-electron chi connectivity index (χ3n) is 5.06. The van der Waals surface area contributed by atoms with E-state index in [2.05, 4.69) is 39.5 Å². The van der Waals surface area contributed by atoms with E-state index in [9.17, 15) is 4.79 Å². The molecule has 7 heteroatoms. The van der Waals surface area contributed by atoms with Crippen LogP contribution in [0.5, 0.6) is 0 Å². The summed E-state index contributed by atoms with van der Waals surface area (Å²) in [6.45, 7) is 7.19. The number of H-pyrrole nitrogens is 1. The Balaban J connectivity index is 1.47. The molecule has 1 aromatic heterocycles. The summed E-state index contributed by atoms with van der Waals surface area (Å²) in [5.41, 5.74) is 3.38. The van der Waals surface area contributed by atoms with Crippen LogP contribution < -0.4 is 10.2 Å². The smallest absolute Gasteiger partial charge is 0.221 e. The minimum absolute atomic E-state index is 0.0238. The second kappa shape index (κ2) is 10.7. The number of nitrogens with zero attached hydrogens (tertiary/aromatic N) is 3. The molecule has 1 heterocycles. The Hall–Kier alpha value is -2.93. The highest BCUT2D eigenvalue weighted by Gasteiger charge is 2.11. The van der Waals surface area contributed by atoms with Gasteiger partial charge < -0.3 is 10.2 Å². The van der Waals surface area contributed by atoms with Crippen LogP contribution in [0.25, 0.3) is 11.4 Å². The highest BCUT2D eigenvalue weighted by molar-refractivity contribution is 7.71. The Morgan fingerprint density at radius 1 is 1.17 bits per heavy atom. The molecule has 3 aromatic rings. The quantitative estimate of drug-likeness (QED) is 0.376. The van der Waals surface area contributed by atoms with E-state index in [4.69, 9.17) is 12.2 Å². The number of aromatic amines is 1. The summed E-state index contributed by atoms with van der Waals surface area (Å²) in [6.07, 6.45) is 1.26. The van der Waals surface area contributed by atoms with Crippen molar-refractivity contribution in [3.05, 3.63) is 64.9 Å². The number of carbonyl (C=O) groups excluding carboxylic acids is 1. The summed E-state index contributed by atoms with van der Waals surface area (Å²) < 4.78 is 2.41. The van der Waals surface area contributed by atoms with Crippen molar-refractivity contribution in [1.82, 2.24) is 20.1 Å². The van der Waals surface area contributed by atoms with Gasteiger partial charge in [0, 0.05) is 43.9 Å². The zero-order valence-corrected chi connectivity index (χ0v) is 18.4. The largest absolute Gasteiger partial charge is 0.372 e. The summed E-state index contributed by atoms with van der Waals surface area (Å²) in [6, 6.07) is 18.5. The maximum Gasteiger partial charge on any atom is 0.221 e. The van der Waals surface area contributed by atoms with Crippen molar-refractivity contribution in [2.45, 2.75) is 33.2 Å². The molecule has 0 aliphatic rings. The van der Waals surface area contributed by atoms with Crippen LogP contribution in [0.4, 0.5) is 5.69 Å². The van der Waals surface area contributed by atoms with Gasteiger partial charge in [-0.1, -0.05) is 48.0 Å². The Kier molecular flexibility index (Phi) is 7.79. The Bertz CT molecular complexity index is 994. The Morgan fingerprint density at radius 2 is 1.90 bits per heavy atom. The van der Waals surface area contributed by atoms with Crippen LogP contribution in [0.15, 0.2) is 54.6 Å². The molecule has 0 saturated carbocycles. The number of nitrogens with one attached hydrogen (secondary N) is 2. The fraction of sp³-hybridized carbons (Fsp3) is 0.348. The molecule has 0 fully saturated rings. The lowest BCUT2D eigenvalue weighted by Crippen LogP contribution is -2.30. The molecule has 0 unspecified atom stereocenters. The third-order valence-corrected chi connectivity index (χ3v) is 5.37. The lowest BCUT2D eigenvalue weighted by Gasteiger charge is -2.23. The molecule has 0 atom stereocenters. The van der Waals surface area contributed by atoms with Gasteiger partial charge in [-0.25, -0.2) is 0 Å². The van der Waals surface area contributed by atoms with Crippen LogP contribution in [-0.2, 0) is 11.3 Å². The van der Waals surface area contributed by atoms with E-state index < -0.39 is 0 Å². The zero-order chi connectivity index (χ0) is 21.3. The number of anilines is 1. The molecule has 0 radical (unpaired) electrons. The van der Waals surface area contributed by atoms with E-state index in [0.717, 1.165) is 30.9 Å². The highest BCUT2D eigenvalue weighted by Crippen LogP contribution is 2.18. The first kappa shape index (κ1) is 21.8. The van der Waals surface area contributed by atoms with E-state index in [1.807, 2.05) is 54.0 Å². The molecule has 2 N–H and O–H groups in total. The van der Waals surface area contributed by atoms with E-state index in [0.29, 0.717) is 24.3 Å². The maximum atomic E-state index is 12.3. The molecular formula is C23H29N5OS. The average Bonchev–Trinajstić information content (AvgIpc) is 3.14. The van der Waals surface area contributed by atoms with Crippen LogP contribution >= 0.6 is 12.2 Å². The third kappa shape index (κ3) is 5.79. The van der Waals surface area contributed by atoms with Gasteiger partial charge in [0.25, 0.3) is 0 Å². The number of hydrogen-bond donors (Lipinski definition) is 2. The van der Waals surface area contributed by atoms with E-state index >= 15 is 0 Å². The van der Waals surface area contributed by atoms with Crippen molar-refractivity contribution < 1.29 is 4.79 Å². The number of aromatic nitrogens is 3. The predicted octanol–water partition coefficient (Wildman–Crippen LogP) is 4.34. The van der Waals surface area contributed by atoms with E-state index in [1.165, 1.54) is 11.3 Å². The van der Waals surface area contributed by atoms with Crippen LogP contribution in [-0.4, -0.2) is 40.3 Å². The average molecular weight is 424 g/mol. The van der Waals surface area contributed by atoms with Crippen molar-refractivity contribution in [3.63, 3.8) is 0 Å². The van der Waals surface area contributed by atoms with Gasteiger partial charge in [-0.05, 0) is 44.6 Å². The molecular weight excluding hydrogens is 394 g/mol. The molecule has 0 spiro atoms. The van der Waals surface area contributed by atoms with Crippen molar-refractivity contribution in [2.24, 2.45) is 0 Å². The lowest BCUT2D eigenvalue weighted by molar-refractivity contribution is -0.121. The highest BCUT2D eigenvalue weighted by atomic mass is 32.1. The fourth-order valence-electron chi connectivity index (χ4n) is 3.36. The maximum absolute atomic E-state index is 12.3. The fourth-order valence-corrected chi connectivity index (χ4v) is 3.58. The molecule has 158 valence electrons. The van der Waals surface area contributed by atoms with Gasteiger partial charge in [0.15, 0.2) is 10.6 Å². The summed E-state index contributed by atoms with van der Waals surface area (Å²) in [7, 11) is 0. The molecule has 6 nitrogen and oxygen atoms in total. The second-order valence-electron chi connectivity index (χ2n) is 7.24. The number of hydrogen-bond acceptors (Lipinski definition) is 4. The molecule has 0 bridgehead atoms. The molecule has 3 rings (SSSR count). The standard InChI is InChI=1S/C23H29N5OS/c1-3-27(20-8-5-4-6-9-20)16-7-15-24-21(29)14-17-28-22(25-26-23(28)30)19-12-10-18(2)11-13-19/h4-6,8-13H,3,7,14-17H2,1-2H3,(H,24,29)(H,26,30). The topological polar surface area (TPSA) is 66.0 Å². The molecule has 0 aliphatic carbocycles. The number of benzene rings is 2. The van der Waals surface area contributed by atoms with Gasteiger partial charge in [-0.2, -0.15) is 5.10 Å². The normalized spacial score (nSPS) is 10.7. The minimum Gasteiger partial charge on any atom is -0.372 e. The lowest BCUT2D eigenvalue weighted by atomic mass is 10.1. The monoisotopic (exact) mass is 423 g/mol. The molecule has 2 aromatic carbocycles. The van der Waals surface area contributed by atoms with Crippen LogP contribution in [0, 0.1) is 11.7 Å². The second-order valence-corrected chi connectivity index (χ2v) is 7.63. The number of rotatable bonds is 10. The molecule has 0 saturated heterocycles. The van der Waals surface area contributed by atoms with Gasteiger partial charge in [0.2, 0.25) is 5.91 Å². The summed E-state index contributed by atoms with van der Waals surface area (Å²) in [5, 5.41) is 10.2. The van der Waals surface area contributed by atoms with Crippen molar-refractivity contribution in [1.29, 1.82) is 0 Å². The van der Waals surface area contributed by atoms with Gasteiger partial charge in [-0.15, -0.1) is 0 Å². The Morgan fingerprint density at radius 3 is 2.60 bits per heavy atom. The van der Waals surface area contributed by atoms with Crippen molar-refractivity contribution >= 4 is 23.8 Å². The summed E-state index contributed by atoms with van der Waals surface area (Å²) in [4.78, 5) is 14.6. The van der Waals surface area contributed by atoms with Gasteiger partial charge in [-0.3, -0.25) is 14.5 Å². The first-order valence-corrected chi connectivity index (χ1v) is 10.8. The van der Waals surface area contributed by atoms with Gasteiger partial charge in [0.05, 0.1) is 0 Å². The predicted molar refractivity (Wildman–Crippen MR) is 124 cm³/mol. The van der Waals surface area contributed by atoms with Crippen LogP contribution in [0.3, 0.4) is 0 Å². The molecule has 30 heavy (non-hydrogen) atoms. The SMILES string of the molecule is CCN(CCCNC(=O)CCn1c(-c2ccc(C)cc2)n[nH]c1=S)c1ccccc1. The van der Waals surface area contributed by atoms with Crippen molar-refractivity contribution in [2.75, 3.05) is 24.5 Å². The van der Waals surface area contributed by atoms with Crippen LogP contribution in [0.2, 0.25) is 0 Å². The number of carbonyl (C=O) groups is 1. The Labute approximate surface area is 182 Å². The summed E-state index contributed by atoms with van der Waals surface area (Å²) >= 11 is 5.35.